The van der Waals surface area contributed by atoms with Gasteiger partial charge in [0.2, 0.25) is 0 Å². The number of hydrogen-bond donors (Lipinski definition) is 1. The zero-order valence-electron chi connectivity index (χ0n) is 12.9. The summed E-state index contributed by atoms with van der Waals surface area (Å²) in [5, 5.41) is 3.86. The van der Waals surface area contributed by atoms with E-state index in [0.717, 1.165) is 11.8 Å². The monoisotopic (exact) mass is 271 g/mol. The van der Waals surface area contributed by atoms with Crippen LogP contribution in [0.2, 0.25) is 0 Å². The van der Waals surface area contributed by atoms with Gasteiger partial charge in [0.05, 0.1) is 0 Å². The minimum Gasteiger partial charge on any atom is -0.313 e. The summed E-state index contributed by atoms with van der Waals surface area (Å²) in [5.41, 5.74) is 3.21. The van der Waals surface area contributed by atoms with Crippen LogP contribution in [0.15, 0.2) is 24.3 Å². The van der Waals surface area contributed by atoms with Crippen LogP contribution in [0, 0.1) is 5.92 Å². The predicted molar refractivity (Wildman–Crippen MR) is 86.2 cm³/mol. The maximum absolute atomic E-state index is 3.86. The summed E-state index contributed by atoms with van der Waals surface area (Å²) in [7, 11) is 0. The van der Waals surface area contributed by atoms with Crippen LogP contribution in [-0.4, -0.2) is 12.6 Å². The number of nitrogens with one attached hydrogen (secondary N) is 1. The van der Waals surface area contributed by atoms with Gasteiger partial charge in [0, 0.05) is 12.6 Å². The molecule has 0 bridgehead atoms. The Bertz CT molecular complexity index is 420. The highest BCUT2D eigenvalue weighted by Gasteiger charge is 2.23. The van der Waals surface area contributed by atoms with Crippen LogP contribution in [0.1, 0.15) is 68.9 Å². The standard InChI is InChI=1S/C19H29N/c1-15(16-8-3-2-4-9-16)20-14-18-12-7-11-17-10-5-6-13-19(17)18/h5-6,10,13,15-16,18,20H,2-4,7-9,11-12,14H2,1H3/t15-,18?/m1/s1. The largest absolute Gasteiger partial charge is 0.313 e. The van der Waals surface area contributed by atoms with Crippen molar-refractivity contribution in [1.29, 1.82) is 0 Å². The topological polar surface area (TPSA) is 12.0 Å². The fraction of sp³-hybridized carbons (Fsp3) is 0.684. The normalized spacial score (nSPS) is 25.1. The molecular formula is C19H29N. The van der Waals surface area contributed by atoms with E-state index in [0.29, 0.717) is 6.04 Å². The zero-order chi connectivity index (χ0) is 13.8. The Morgan fingerprint density at radius 3 is 2.70 bits per heavy atom. The molecule has 110 valence electrons. The minimum absolute atomic E-state index is 0.699. The summed E-state index contributed by atoms with van der Waals surface area (Å²) < 4.78 is 0. The van der Waals surface area contributed by atoms with Crippen molar-refractivity contribution in [2.24, 2.45) is 5.92 Å². The van der Waals surface area contributed by atoms with Crippen molar-refractivity contribution in [3.8, 4) is 0 Å². The van der Waals surface area contributed by atoms with Crippen molar-refractivity contribution in [1.82, 2.24) is 5.32 Å². The number of benzene rings is 1. The van der Waals surface area contributed by atoms with Gasteiger partial charge in [-0.2, -0.15) is 0 Å². The van der Waals surface area contributed by atoms with E-state index in [2.05, 4.69) is 36.5 Å². The lowest BCUT2D eigenvalue weighted by Gasteiger charge is -2.31. The van der Waals surface area contributed by atoms with E-state index >= 15 is 0 Å². The molecule has 2 aliphatic carbocycles. The molecule has 1 aromatic carbocycles. The van der Waals surface area contributed by atoms with Crippen molar-refractivity contribution in [2.75, 3.05) is 6.54 Å². The highest BCUT2D eigenvalue weighted by atomic mass is 14.9. The van der Waals surface area contributed by atoms with Gasteiger partial charge in [0.25, 0.3) is 0 Å². The Morgan fingerprint density at radius 1 is 1.05 bits per heavy atom. The molecule has 1 N–H and O–H groups in total. The number of fused-ring (bicyclic) bond motifs is 1. The van der Waals surface area contributed by atoms with Gasteiger partial charge in [-0.05, 0) is 62.0 Å². The van der Waals surface area contributed by atoms with E-state index in [1.165, 1.54) is 57.9 Å². The third-order valence-electron chi connectivity index (χ3n) is 5.54. The van der Waals surface area contributed by atoms with Crippen molar-refractivity contribution < 1.29 is 0 Å². The Morgan fingerprint density at radius 2 is 1.85 bits per heavy atom. The van der Waals surface area contributed by atoms with E-state index in [1.54, 1.807) is 11.1 Å². The fourth-order valence-electron chi connectivity index (χ4n) is 4.20. The number of hydrogen-bond acceptors (Lipinski definition) is 1. The van der Waals surface area contributed by atoms with Gasteiger partial charge in [-0.1, -0.05) is 43.5 Å². The molecule has 0 aromatic heterocycles. The molecule has 2 atom stereocenters. The van der Waals surface area contributed by atoms with E-state index in [-0.39, 0.29) is 0 Å². The SMILES string of the molecule is C[C@@H](NCC1CCCc2ccccc21)C1CCCCC1. The highest BCUT2D eigenvalue weighted by Crippen LogP contribution is 2.32. The molecule has 0 amide bonds. The lowest BCUT2D eigenvalue weighted by atomic mass is 9.81. The van der Waals surface area contributed by atoms with E-state index in [1.807, 2.05) is 0 Å². The van der Waals surface area contributed by atoms with E-state index < -0.39 is 0 Å². The highest BCUT2D eigenvalue weighted by molar-refractivity contribution is 5.32. The summed E-state index contributed by atoms with van der Waals surface area (Å²) >= 11 is 0. The van der Waals surface area contributed by atoms with Crippen LogP contribution in [-0.2, 0) is 6.42 Å². The second-order valence-electron chi connectivity index (χ2n) is 6.88. The Kier molecular flexibility index (Phi) is 4.77. The average molecular weight is 271 g/mol. The van der Waals surface area contributed by atoms with Gasteiger partial charge in [-0.3, -0.25) is 0 Å². The summed E-state index contributed by atoms with van der Waals surface area (Å²) in [5.74, 6) is 1.66. The van der Waals surface area contributed by atoms with Gasteiger partial charge >= 0.3 is 0 Å². The molecule has 1 nitrogen and oxygen atoms in total. The van der Waals surface area contributed by atoms with Gasteiger partial charge in [-0.25, -0.2) is 0 Å². The third-order valence-corrected chi connectivity index (χ3v) is 5.54. The molecule has 3 rings (SSSR count). The van der Waals surface area contributed by atoms with E-state index in [4.69, 9.17) is 0 Å². The summed E-state index contributed by atoms with van der Waals surface area (Å²) in [6.45, 7) is 3.58. The van der Waals surface area contributed by atoms with Crippen molar-refractivity contribution in [3.05, 3.63) is 35.4 Å². The molecule has 1 heteroatoms. The van der Waals surface area contributed by atoms with Gasteiger partial charge in [-0.15, -0.1) is 0 Å². The van der Waals surface area contributed by atoms with Crippen LogP contribution < -0.4 is 5.32 Å². The maximum atomic E-state index is 3.86. The van der Waals surface area contributed by atoms with E-state index in [9.17, 15) is 0 Å². The molecule has 0 spiro atoms. The van der Waals surface area contributed by atoms with Crippen LogP contribution in [0.3, 0.4) is 0 Å². The lowest BCUT2D eigenvalue weighted by molar-refractivity contribution is 0.276. The molecule has 0 heterocycles. The molecule has 0 radical (unpaired) electrons. The van der Waals surface area contributed by atoms with Crippen molar-refractivity contribution in [2.45, 2.75) is 70.3 Å². The Labute approximate surface area is 124 Å². The first-order valence-electron chi connectivity index (χ1n) is 8.66. The van der Waals surface area contributed by atoms with Gasteiger partial charge in [0.15, 0.2) is 0 Å². The predicted octanol–water partition coefficient (Wildman–Crippen LogP) is 4.66. The first-order valence-corrected chi connectivity index (χ1v) is 8.66. The molecule has 0 saturated heterocycles. The molecule has 2 aliphatic rings. The molecule has 1 aromatic rings. The van der Waals surface area contributed by atoms with Crippen LogP contribution in [0.25, 0.3) is 0 Å². The average Bonchev–Trinajstić information content (AvgIpc) is 2.53. The number of rotatable bonds is 4. The molecule has 1 unspecified atom stereocenters. The molecule has 1 fully saturated rings. The van der Waals surface area contributed by atoms with Crippen LogP contribution in [0.4, 0.5) is 0 Å². The molecule has 0 aliphatic heterocycles. The van der Waals surface area contributed by atoms with Crippen molar-refractivity contribution >= 4 is 0 Å². The smallest absolute Gasteiger partial charge is 0.00672 e. The quantitative estimate of drug-likeness (QED) is 0.839. The maximum Gasteiger partial charge on any atom is 0.00672 e. The minimum atomic E-state index is 0.699. The fourth-order valence-corrected chi connectivity index (χ4v) is 4.20. The summed E-state index contributed by atoms with van der Waals surface area (Å²) in [4.78, 5) is 0. The first kappa shape index (κ1) is 14.1. The zero-order valence-corrected chi connectivity index (χ0v) is 12.9. The third kappa shape index (κ3) is 3.25. The molecule has 20 heavy (non-hydrogen) atoms. The van der Waals surface area contributed by atoms with Crippen LogP contribution >= 0.6 is 0 Å². The lowest BCUT2D eigenvalue weighted by Crippen LogP contribution is -2.37. The Balaban J connectivity index is 1.56. The second kappa shape index (κ2) is 6.76. The number of aryl methyl sites for hydroxylation is 1. The Hall–Kier alpha value is -0.820. The first-order chi connectivity index (χ1) is 9.84. The summed E-state index contributed by atoms with van der Waals surface area (Å²) in [6.07, 6.45) is 11.2. The molecule has 1 saturated carbocycles. The van der Waals surface area contributed by atoms with Crippen molar-refractivity contribution in [3.63, 3.8) is 0 Å². The second-order valence-corrected chi connectivity index (χ2v) is 6.88. The van der Waals surface area contributed by atoms with Gasteiger partial charge in [0.1, 0.15) is 0 Å². The van der Waals surface area contributed by atoms with Crippen LogP contribution in [0.5, 0.6) is 0 Å². The molecular weight excluding hydrogens is 242 g/mol. The summed E-state index contributed by atoms with van der Waals surface area (Å²) in [6, 6.07) is 9.78. The van der Waals surface area contributed by atoms with Gasteiger partial charge < -0.3 is 5.32 Å².